The smallest absolute Gasteiger partial charge is 0.240 e. The van der Waals surface area contributed by atoms with Crippen LogP contribution in [0.15, 0.2) is 156 Å². The highest BCUT2D eigenvalue weighted by atomic mass is 16.3. The maximum Gasteiger partial charge on any atom is 0.240 e. The van der Waals surface area contributed by atoms with Crippen molar-refractivity contribution in [3.8, 4) is 11.8 Å². The van der Waals surface area contributed by atoms with Crippen molar-refractivity contribution in [3.05, 3.63) is 152 Å². The van der Waals surface area contributed by atoms with Crippen LogP contribution in [-0.2, 0) is 0 Å². The second-order valence-corrected chi connectivity index (χ2v) is 13.8. The van der Waals surface area contributed by atoms with Crippen molar-refractivity contribution in [3.63, 3.8) is 0 Å². The number of nitrogens with zero attached hydrogens (tertiary/aromatic N) is 5. The molecule has 0 atom stereocenters. The highest BCUT2D eigenvalue weighted by Gasteiger charge is 2.27. The Kier molecular flexibility index (Phi) is 4.78. The number of hydrogen-bond donors (Lipinski definition) is 0. The van der Waals surface area contributed by atoms with Gasteiger partial charge in [0.05, 0.1) is 44.0 Å². The average Bonchev–Trinajstić information content (AvgIpc) is 3.99. The predicted octanol–water partition coefficient (Wildman–Crippen LogP) is 11.7. The Morgan fingerprint density at radius 2 is 0.865 bits per heavy atom. The first-order chi connectivity index (χ1) is 25.8. The van der Waals surface area contributed by atoms with Gasteiger partial charge in [0.15, 0.2) is 5.82 Å². The van der Waals surface area contributed by atoms with Gasteiger partial charge < -0.3 is 8.82 Å². The highest BCUT2D eigenvalue weighted by Crippen LogP contribution is 2.46. The number of aromatic nitrogens is 5. The quantitative estimate of drug-likeness (QED) is 0.185. The van der Waals surface area contributed by atoms with E-state index in [1.807, 2.05) is 12.1 Å². The van der Waals surface area contributed by atoms with Gasteiger partial charge in [-0.3, -0.25) is 9.13 Å². The molecular formula is C46H25N5O. The van der Waals surface area contributed by atoms with E-state index >= 15 is 0 Å². The van der Waals surface area contributed by atoms with E-state index in [0.29, 0.717) is 11.7 Å². The van der Waals surface area contributed by atoms with E-state index in [-0.39, 0.29) is 0 Å². The molecule has 6 aromatic heterocycles. The standard InChI is InChI=1S/C46H25N5O/c1-8-20-35-26(13-1)27-14-2-9-21-36(27)50(35)44-41-31-18-6-12-24-39(31)52-45(41)48-46(47-44)51-37-22-10-4-16-29(37)33-25-32-28-15-3-7-19-34(28)49-38-23-11-5-17-30(38)40(42(32)49)43(33)51/h1-25H. The number of hydrogen-bond acceptors (Lipinski definition) is 3. The zero-order valence-corrected chi connectivity index (χ0v) is 27.6. The summed E-state index contributed by atoms with van der Waals surface area (Å²) < 4.78 is 13.6. The van der Waals surface area contributed by atoms with Crippen molar-refractivity contribution in [2.75, 3.05) is 0 Å². The Morgan fingerprint density at radius 1 is 0.385 bits per heavy atom. The molecule has 0 aliphatic carbocycles. The van der Waals surface area contributed by atoms with Crippen LogP contribution in [0.25, 0.3) is 116 Å². The summed E-state index contributed by atoms with van der Waals surface area (Å²) in [5.41, 5.74) is 9.26. The van der Waals surface area contributed by atoms with Crippen LogP contribution in [0.5, 0.6) is 0 Å². The number of para-hydroxylation sites is 6. The molecule has 13 rings (SSSR count). The van der Waals surface area contributed by atoms with E-state index in [0.717, 1.165) is 49.6 Å². The molecule has 0 unspecified atom stereocenters. The first kappa shape index (κ1) is 26.7. The Bertz CT molecular complexity index is 3600. The van der Waals surface area contributed by atoms with Gasteiger partial charge in [-0.15, -0.1) is 0 Å². The van der Waals surface area contributed by atoms with Gasteiger partial charge in [0.25, 0.3) is 0 Å². The lowest BCUT2D eigenvalue weighted by Gasteiger charge is -2.12. The molecule has 0 amide bonds. The van der Waals surface area contributed by atoms with Crippen molar-refractivity contribution in [2.24, 2.45) is 0 Å². The van der Waals surface area contributed by atoms with E-state index in [1.54, 1.807) is 0 Å². The van der Waals surface area contributed by atoms with Gasteiger partial charge in [-0.05, 0) is 42.5 Å². The van der Waals surface area contributed by atoms with Crippen LogP contribution >= 0.6 is 0 Å². The van der Waals surface area contributed by atoms with Crippen molar-refractivity contribution in [2.45, 2.75) is 0 Å². The molecular weight excluding hydrogens is 639 g/mol. The minimum atomic E-state index is 0.556. The van der Waals surface area contributed by atoms with Gasteiger partial charge >= 0.3 is 0 Å². The van der Waals surface area contributed by atoms with Gasteiger partial charge in [-0.2, -0.15) is 9.97 Å². The van der Waals surface area contributed by atoms with E-state index in [1.165, 1.54) is 54.3 Å². The zero-order valence-electron chi connectivity index (χ0n) is 27.6. The lowest BCUT2D eigenvalue weighted by molar-refractivity contribution is 0.650. The van der Waals surface area contributed by atoms with Gasteiger partial charge in [0.1, 0.15) is 5.58 Å². The van der Waals surface area contributed by atoms with Crippen LogP contribution in [0.4, 0.5) is 0 Å². The van der Waals surface area contributed by atoms with E-state index in [4.69, 9.17) is 14.4 Å². The Balaban J connectivity index is 1.27. The van der Waals surface area contributed by atoms with Crippen molar-refractivity contribution in [1.29, 1.82) is 0 Å². The number of benzene rings is 7. The number of furan rings is 1. The largest absolute Gasteiger partial charge is 0.437 e. The van der Waals surface area contributed by atoms with Crippen LogP contribution in [0, 0.1) is 0 Å². The SMILES string of the molecule is c1ccc2c(c1)oc1nc(-n3c4ccccc4c4cc5c6ccccc6n6c7ccccc7c(c43)c56)nc(-n3c4ccccc4c4ccccc43)c12. The minimum absolute atomic E-state index is 0.556. The molecule has 13 aromatic rings. The van der Waals surface area contributed by atoms with Crippen LogP contribution in [0.3, 0.4) is 0 Å². The van der Waals surface area contributed by atoms with Gasteiger partial charge in [0.2, 0.25) is 11.7 Å². The summed E-state index contributed by atoms with van der Waals surface area (Å²) in [6.45, 7) is 0. The third-order valence-corrected chi connectivity index (χ3v) is 11.2. The molecule has 0 saturated carbocycles. The monoisotopic (exact) mass is 663 g/mol. The molecule has 0 N–H and O–H groups in total. The molecule has 6 heterocycles. The fourth-order valence-corrected chi connectivity index (χ4v) is 9.17. The molecule has 7 aromatic carbocycles. The molecule has 0 spiro atoms. The molecule has 52 heavy (non-hydrogen) atoms. The maximum absolute atomic E-state index is 6.63. The number of rotatable bonds is 2. The van der Waals surface area contributed by atoms with Crippen molar-refractivity contribution < 1.29 is 4.42 Å². The summed E-state index contributed by atoms with van der Waals surface area (Å²) in [5.74, 6) is 1.36. The third-order valence-electron chi connectivity index (χ3n) is 11.2. The lowest BCUT2D eigenvalue weighted by atomic mass is 10.0. The van der Waals surface area contributed by atoms with Crippen molar-refractivity contribution in [1.82, 2.24) is 23.5 Å². The zero-order chi connectivity index (χ0) is 33.7. The Morgan fingerprint density at radius 3 is 1.54 bits per heavy atom. The highest BCUT2D eigenvalue weighted by molar-refractivity contribution is 6.34. The first-order valence-corrected chi connectivity index (χ1v) is 17.6. The first-order valence-electron chi connectivity index (χ1n) is 17.6. The Labute approximate surface area is 294 Å². The summed E-state index contributed by atoms with van der Waals surface area (Å²) in [4.78, 5) is 11.0. The van der Waals surface area contributed by atoms with E-state index in [9.17, 15) is 0 Å². The fourth-order valence-electron chi connectivity index (χ4n) is 9.17. The topological polar surface area (TPSA) is 53.2 Å². The molecule has 0 radical (unpaired) electrons. The molecule has 240 valence electrons. The van der Waals surface area contributed by atoms with Crippen LogP contribution in [0.1, 0.15) is 0 Å². The van der Waals surface area contributed by atoms with Gasteiger partial charge in [-0.25, -0.2) is 0 Å². The summed E-state index contributed by atoms with van der Waals surface area (Å²) in [7, 11) is 0. The number of fused-ring (bicyclic) bond motifs is 16. The maximum atomic E-state index is 6.63. The van der Waals surface area contributed by atoms with Crippen LogP contribution in [-0.4, -0.2) is 23.5 Å². The summed E-state index contributed by atoms with van der Waals surface area (Å²) >= 11 is 0. The third kappa shape index (κ3) is 3.12. The average molecular weight is 664 g/mol. The molecule has 0 bridgehead atoms. The lowest BCUT2D eigenvalue weighted by Crippen LogP contribution is -2.06. The summed E-state index contributed by atoms with van der Waals surface area (Å²) in [6, 6.07) is 53.9. The summed E-state index contributed by atoms with van der Waals surface area (Å²) in [5, 5.41) is 11.5. The van der Waals surface area contributed by atoms with Crippen molar-refractivity contribution >= 4 is 104 Å². The molecule has 0 aliphatic heterocycles. The van der Waals surface area contributed by atoms with Gasteiger partial charge in [0, 0.05) is 48.5 Å². The van der Waals surface area contributed by atoms with Crippen LogP contribution < -0.4 is 0 Å². The fraction of sp³-hybridized carbons (Fsp3) is 0. The second-order valence-electron chi connectivity index (χ2n) is 13.8. The second kappa shape index (κ2) is 9.33. The molecule has 0 saturated heterocycles. The summed E-state index contributed by atoms with van der Waals surface area (Å²) in [6.07, 6.45) is 0. The molecule has 0 aliphatic rings. The van der Waals surface area contributed by atoms with E-state index < -0.39 is 0 Å². The van der Waals surface area contributed by atoms with Gasteiger partial charge in [-0.1, -0.05) is 109 Å². The minimum Gasteiger partial charge on any atom is -0.437 e. The van der Waals surface area contributed by atoms with E-state index in [2.05, 4.69) is 153 Å². The normalized spacial score (nSPS) is 12.6. The molecule has 6 nitrogen and oxygen atoms in total. The van der Waals surface area contributed by atoms with Crippen LogP contribution in [0.2, 0.25) is 0 Å². The predicted molar refractivity (Wildman–Crippen MR) is 213 cm³/mol. The molecule has 0 fully saturated rings. The molecule has 6 heteroatoms. The Hall–Kier alpha value is -7.18.